The van der Waals surface area contributed by atoms with E-state index < -0.39 is 11.6 Å². The maximum Gasteiger partial charge on any atom is 0.359 e. The lowest BCUT2D eigenvalue weighted by Gasteiger charge is -2.20. The zero-order valence-electron chi connectivity index (χ0n) is 16.2. The minimum Gasteiger partial charge on any atom is -0.455 e. The van der Waals surface area contributed by atoms with Gasteiger partial charge in [0.15, 0.2) is 11.5 Å². The Balaban J connectivity index is 0.00000123. The third-order valence-electron chi connectivity index (χ3n) is 2.68. The first-order chi connectivity index (χ1) is 11.3. The first kappa shape index (κ1) is 21.7. The molecule has 24 heavy (non-hydrogen) atoms. The van der Waals surface area contributed by atoms with Crippen LogP contribution < -0.4 is 5.73 Å². The standard InChI is InChI=1S/C15H19N3O2.2C2H6/c1-10-17-13(16)12(14(19)20-15(2,3)4)18(10)11-8-6-5-7-9-11;2*1-2/h5-9H,16H2,1-4H3;2*1-2H3. The van der Waals surface area contributed by atoms with Crippen LogP contribution in [0.5, 0.6) is 0 Å². The third kappa shape index (κ3) is 5.72. The lowest BCUT2D eigenvalue weighted by Crippen LogP contribution is -2.26. The number of nitrogens with two attached hydrogens (primary N) is 1. The summed E-state index contributed by atoms with van der Waals surface area (Å²) in [5.74, 6) is 0.356. The summed E-state index contributed by atoms with van der Waals surface area (Å²) in [4.78, 5) is 16.5. The van der Waals surface area contributed by atoms with Gasteiger partial charge in [0, 0.05) is 5.69 Å². The van der Waals surface area contributed by atoms with Gasteiger partial charge in [0.1, 0.15) is 11.4 Å². The minimum atomic E-state index is -0.580. The number of hydrogen-bond donors (Lipinski definition) is 1. The molecule has 0 saturated carbocycles. The van der Waals surface area contributed by atoms with E-state index in [9.17, 15) is 4.79 Å². The number of ether oxygens (including phenoxy) is 1. The van der Waals surface area contributed by atoms with Gasteiger partial charge in [0.25, 0.3) is 0 Å². The highest BCUT2D eigenvalue weighted by Gasteiger charge is 2.26. The maximum atomic E-state index is 12.3. The van der Waals surface area contributed by atoms with Crippen molar-refractivity contribution in [1.82, 2.24) is 9.55 Å². The average Bonchev–Trinajstić information content (AvgIpc) is 2.85. The van der Waals surface area contributed by atoms with E-state index >= 15 is 0 Å². The number of benzene rings is 1. The first-order valence-electron chi connectivity index (χ1n) is 8.43. The van der Waals surface area contributed by atoms with E-state index in [1.54, 1.807) is 11.5 Å². The van der Waals surface area contributed by atoms with Gasteiger partial charge in [0.05, 0.1) is 0 Å². The molecule has 0 aliphatic carbocycles. The van der Waals surface area contributed by atoms with E-state index in [0.717, 1.165) is 5.69 Å². The van der Waals surface area contributed by atoms with Crippen molar-refractivity contribution in [3.05, 3.63) is 41.9 Å². The molecule has 5 heteroatoms. The van der Waals surface area contributed by atoms with E-state index in [2.05, 4.69) is 4.98 Å². The number of anilines is 1. The molecule has 2 rings (SSSR count). The van der Waals surface area contributed by atoms with E-state index in [1.165, 1.54) is 0 Å². The third-order valence-corrected chi connectivity index (χ3v) is 2.68. The Labute approximate surface area is 145 Å². The molecule has 5 nitrogen and oxygen atoms in total. The molecular formula is C19H31N3O2. The number of para-hydroxylation sites is 1. The van der Waals surface area contributed by atoms with E-state index in [4.69, 9.17) is 10.5 Å². The number of aryl methyl sites for hydroxylation is 1. The number of carbonyl (C=O) groups excluding carboxylic acids is 1. The first-order valence-corrected chi connectivity index (χ1v) is 8.43. The summed E-state index contributed by atoms with van der Waals surface area (Å²) < 4.78 is 7.11. The molecule has 0 radical (unpaired) electrons. The highest BCUT2D eigenvalue weighted by molar-refractivity contribution is 5.93. The van der Waals surface area contributed by atoms with Crippen molar-refractivity contribution in [3.63, 3.8) is 0 Å². The minimum absolute atomic E-state index is 0.181. The molecule has 0 saturated heterocycles. The van der Waals surface area contributed by atoms with Crippen molar-refractivity contribution in [2.45, 2.75) is 61.0 Å². The molecule has 0 spiro atoms. The van der Waals surface area contributed by atoms with Crippen molar-refractivity contribution in [2.75, 3.05) is 5.73 Å². The lowest BCUT2D eigenvalue weighted by molar-refractivity contribution is 0.00616. The molecule has 1 heterocycles. The van der Waals surface area contributed by atoms with Gasteiger partial charge in [-0.05, 0) is 39.8 Å². The summed E-state index contributed by atoms with van der Waals surface area (Å²) in [7, 11) is 0. The van der Waals surface area contributed by atoms with Gasteiger partial charge in [-0.15, -0.1) is 0 Å². The van der Waals surface area contributed by atoms with Crippen LogP contribution in [0.15, 0.2) is 30.3 Å². The summed E-state index contributed by atoms with van der Waals surface area (Å²) in [6.45, 7) is 15.3. The molecule has 1 aromatic carbocycles. The molecule has 2 N–H and O–H groups in total. The van der Waals surface area contributed by atoms with Crippen LogP contribution in [0.3, 0.4) is 0 Å². The molecule has 0 atom stereocenters. The Kier molecular flexibility index (Phi) is 8.82. The van der Waals surface area contributed by atoms with Crippen molar-refractivity contribution >= 4 is 11.8 Å². The zero-order chi connectivity index (χ0) is 18.9. The monoisotopic (exact) mass is 333 g/mol. The Bertz CT molecular complexity index is 626. The average molecular weight is 333 g/mol. The van der Waals surface area contributed by atoms with E-state index in [-0.39, 0.29) is 11.5 Å². The van der Waals surface area contributed by atoms with Crippen molar-refractivity contribution in [3.8, 4) is 5.69 Å². The van der Waals surface area contributed by atoms with Gasteiger partial charge in [-0.3, -0.25) is 4.57 Å². The van der Waals surface area contributed by atoms with Gasteiger partial charge in [-0.1, -0.05) is 45.9 Å². The topological polar surface area (TPSA) is 70.1 Å². The Morgan fingerprint density at radius 1 is 1.08 bits per heavy atom. The van der Waals surface area contributed by atoms with Gasteiger partial charge in [-0.2, -0.15) is 0 Å². The molecule has 134 valence electrons. The molecule has 0 fully saturated rings. The molecule has 0 unspecified atom stereocenters. The van der Waals surface area contributed by atoms with Crippen LogP contribution in [-0.2, 0) is 4.74 Å². The number of esters is 1. The van der Waals surface area contributed by atoms with E-state index in [1.807, 2.05) is 78.8 Å². The largest absolute Gasteiger partial charge is 0.455 e. The summed E-state index contributed by atoms with van der Waals surface area (Å²) in [5.41, 5.74) is 6.38. The van der Waals surface area contributed by atoms with Gasteiger partial charge < -0.3 is 10.5 Å². The van der Waals surface area contributed by atoms with E-state index in [0.29, 0.717) is 5.82 Å². The SMILES string of the molecule is CC.CC.Cc1nc(N)c(C(=O)OC(C)(C)C)n1-c1ccccc1. The fourth-order valence-electron chi connectivity index (χ4n) is 1.97. The van der Waals surface area contributed by atoms with Crippen molar-refractivity contribution in [2.24, 2.45) is 0 Å². The summed E-state index contributed by atoms with van der Waals surface area (Å²) >= 11 is 0. The van der Waals surface area contributed by atoms with Crippen LogP contribution in [-0.4, -0.2) is 21.1 Å². The number of carbonyl (C=O) groups is 1. The van der Waals surface area contributed by atoms with Gasteiger partial charge in [-0.25, -0.2) is 9.78 Å². The van der Waals surface area contributed by atoms with Crippen molar-refractivity contribution < 1.29 is 9.53 Å². The molecule has 1 aromatic heterocycles. The van der Waals surface area contributed by atoms with Crippen LogP contribution in [0.2, 0.25) is 0 Å². The Morgan fingerprint density at radius 3 is 2.04 bits per heavy atom. The number of nitrogen functional groups attached to an aromatic ring is 1. The molecule has 0 aliphatic heterocycles. The van der Waals surface area contributed by atoms with Gasteiger partial charge >= 0.3 is 5.97 Å². The molecule has 0 aliphatic rings. The van der Waals surface area contributed by atoms with Crippen LogP contribution in [0, 0.1) is 6.92 Å². The second-order valence-corrected chi connectivity index (χ2v) is 5.57. The second kappa shape index (κ2) is 9.75. The molecule has 0 bridgehead atoms. The fraction of sp³-hybridized carbons (Fsp3) is 0.474. The van der Waals surface area contributed by atoms with Crippen LogP contribution in [0.4, 0.5) is 5.82 Å². The lowest BCUT2D eigenvalue weighted by atomic mass is 10.2. The summed E-state index contributed by atoms with van der Waals surface area (Å²) in [6, 6.07) is 9.48. The molecule has 0 amide bonds. The smallest absolute Gasteiger partial charge is 0.359 e. The normalized spacial score (nSPS) is 10.0. The maximum absolute atomic E-state index is 12.3. The summed E-state index contributed by atoms with van der Waals surface area (Å²) in [6.07, 6.45) is 0. The Hall–Kier alpha value is -2.30. The number of imidazole rings is 1. The molecular weight excluding hydrogens is 302 g/mol. The number of hydrogen-bond acceptors (Lipinski definition) is 4. The number of aromatic nitrogens is 2. The fourth-order valence-corrected chi connectivity index (χ4v) is 1.97. The quantitative estimate of drug-likeness (QED) is 0.804. The van der Waals surface area contributed by atoms with Crippen LogP contribution in [0.25, 0.3) is 5.69 Å². The Morgan fingerprint density at radius 2 is 1.58 bits per heavy atom. The highest BCUT2D eigenvalue weighted by atomic mass is 16.6. The van der Waals surface area contributed by atoms with Gasteiger partial charge in [0.2, 0.25) is 0 Å². The van der Waals surface area contributed by atoms with Crippen molar-refractivity contribution in [1.29, 1.82) is 0 Å². The zero-order valence-corrected chi connectivity index (χ0v) is 16.2. The predicted molar refractivity (Wildman–Crippen MR) is 101 cm³/mol. The predicted octanol–water partition coefficient (Wildman–Crippen LogP) is 4.77. The highest BCUT2D eigenvalue weighted by Crippen LogP contribution is 2.22. The van der Waals surface area contributed by atoms with Crippen LogP contribution in [0.1, 0.15) is 64.8 Å². The summed E-state index contributed by atoms with van der Waals surface area (Å²) in [5, 5.41) is 0. The number of nitrogens with zero attached hydrogens (tertiary/aromatic N) is 2. The molecule has 2 aromatic rings. The second-order valence-electron chi connectivity index (χ2n) is 5.57. The van der Waals surface area contributed by atoms with Crippen LogP contribution >= 0.6 is 0 Å². The number of rotatable bonds is 2.